The van der Waals surface area contributed by atoms with Gasteiger partial charge in [0.25, 0.3) is 5.91 Å². The minimum atomic E-state index is -1.32. The van der Waals surface area contributed by atoms with Gasteiger partial charge in [0.05, 0.1) is 17.6 Å². The number of carbonyl (C=O) groups is 1. The van der Waals surface area contributed by atoms with E-state index in [1.807, 2.05) is 0 Å². The predicted octanol–water partition coefficient (Wildman–Crippen LogP) is 3.52. The molecular formula is C23H22FN7O3S. The Hall–Kier alpha value is -4.32. The Morgan fingerprint density at radius 3 is 2.69 bits per heavy atom. The third-order valence-electron chi connectivity index (χ3n) is 4.89. The highest BCUT2D eigenvalue weighted by molar-refractivity contribution is 7.86. The van der Waals surface area contributed by atoms with Crippen LogP contribution in [0.25, 0.3) is 11.3 Å². The van der Waals surface area contributed by atoms with E-state index in [9.17, 15) is 13.4 Å². The van der Waals surface area contributed by atoms with E-state index < -0.39 is 16.9 Å². The Bertz CT molecular complexity index is 1350. The van der Waals surface area contributed by atoms with Crippen molar-refractivity contribution in [2.45, 2.75) is 13.5 Å². The molecule has 0 fully saturated rings. The first-order chi connectivity index (χ1) is 16.9. The quantitative estimate of drug-likeness (QED) is 0.263. The molecule has 1 amide bonds. The summed E-state index contributed by atoms with van der Waals surface area (Å²) in [4.78, 5) is 20.4. The van der Waals surface area contributed by atoms with Gasteiger partial charge in [0.2, 0.25) is 0 Å². The Morgan fingerprint density at radius 1 is 1.20 bits per heavy atom. The molecule has 4 aromatic rings. The van der Waals surface area contributed by atoms with Gasteiger partial charge in [0.1, 0.15) is 40.5 Å². The Balaban J connectivity index is 1.68. The van der Waals surface area contributed by atoms with Crippen molar-refractivity contribution < 1.29 is 18.1 Å². The van der Waals surface area contributed by atoms with Crippen molar-refractivity contribution in [3.63, 3.8) is 0 Å². The zero-order chi connectivity index (χ0) is 24.8. The summed E-state index contributed by atoms with van der Waals surface area (Å²) >= 11 is 0. The summed E-state index contributed by atoms with van der Waals surface area (Å²) < 4.78 is 34.2. The minimum absolute atomic E-state index is 0.123. The molecule has 2 heterocycles. The van der Waals surface area contributed by atoms with Crippen molar-refractivity contribution in [1.29, 1.82) is 0 Å². The summed E-state index contributed by atoms with van der Waals surface area (Å²) in [5, 5.41) is 9.93. The number of carbonyl (C=O) groups excluding carboxylic acids is 1. The highest BCUT2D eigenvalue weighted by atomic mass is 32.2. The molecule has 4 rings (SSSR count). The van der Waals surface area contributed by atoms with Crippen LogP contribution >= 0.6 is 0 Å². The lowest BCUT2D eigenvalue weighted by atomic mass is 10.1. The number of nitrogens with zero attached hydrogens (tertiary/aromatic N) is 3. The number of aromatic nitrogens is 4. The van der Waals surface area contributed by atoms with E-state index in [0.29, 0.717) is 34.3 Å². The number of aromatic amines is 1. The van der Waals surface area contributed by atoms with Crippen molar-refractivity contribution in [1.82, 2.24) is 20.2 Å². The average molecular weight is 496 g/mol. The van der Waals surface area contributed by atoms with Crippen LogP contribution in [0.4, 0.5) is 21.7 Å². The summed E-state index contributed by atoms with van der Waals surface area (Å²) in [6.07, 6.45) is 4.50. The standard InChI is InChI=1S/C23H22FN7O3S/c1-2-35(33)31-17-8-5-15(11-18(17)34-13-14-3-6-16(24)7-4-14)21-20(22(25)32)23(30-29-21)28-19-12-26-9-10-27-19/h3-12,31H,2,13H2,1H3,(H2,25,32)(H2,27,28,29,30). The zero-order valence-electron chi connectivity index (χ0n) is 18.6. The fourth-order valence-corrected chi connectivity index (χ4v) is 3.74. The number of rotatable bonds is 10. The van der Waals surface area contributed by atoms with Crippen LogP contribution in [0.5, 0.6) is 5.75 Å². The van der Waals surface area contributed by atoms with Gasteiger partial charge in [0.15, 0.2) is 5.82 Å². The second-order valence-electron chi connectivity index (χ2n) is 7.26. The number of H-pyrrole nitrogens is 1. The topological polar surface area (TPSA) is 148 Å². The summed E-state index contributed by atoms with van der Waals surface area (Å²) in [5.41, 5.74) is 7.94. The highest BCUT2D eigenvalue weighted by Crippen LogP contribution is 2.34. The van der Waals surface area contributed by atoms with Gasteiger partial charge in [-0.3, -0.25) is 14.9 Å². The molecule has 35 heavy (non-hydrogen) atoms. The van der Waals surface area contributed by atoms with E-state index in [1.54, 1.807) is 37.3 Å². The third-order valence-corrected chi connectivity index (χ3v) is 5.86. The van der Waals surface area contributed by atoms with Crippen LogP contribution in [-0.2, 0) is 17.6 Å². The Kier molecular flexibility index (Phi) is 7.31. The fourth-order valence-electron chi connectivity index (χ4n) is 3.18. The molecule has 1 unspecified atom stereocenters. The third kappa shape index (κ3) is 5.79. The van der Waals surface area contributed by atoms with Crippen LogP contribution in [0.15, 0.2) is 61.1 Å². The number of halogens is 1. The van der Waals surface area contributed by atoms with Crippen LogP contribution < -0.4 is 20.5 Å². The normalized spacial score (nSPS) is 11.6. The first-order valence-electron chi connectivity index (χ1n) is 10.5. The molecular weight excluding hydrogens is 473 g/mol. The van der Waals surface area contributed by atoms with E-state index in [0.717, 1.165) is 5.56 Å². The van der Waals surface area contributed by atoms with Gasteiger partial charge in [0, 0.05) is 23.7 Å². The number of nitrogens with one attached hydrogen (secondary N) is 3. The van der Waals surface area contributed by atoms with E-state index in [1.165, 1.54) is 30.7 Å². The minimum Gasteiger partial charge on any atom is -0.487 e. The summed E-state index contributed by atoms with van der Waals surface area (Å²) in [6, 6.07) is 11.0. The second-order valence-corrected chi connectivity index (χ2v) is 8.74. The summed E-state index contributed by atoms with van der Waals surface area (Å²) in [5.74, 6) is 0.294. The molecule has 0 aliphatic rings. The number of hydrogen-bond acceptors (Lipinski definition) is 7. The number of benzene rings is 2. The monoisotopic (exact) mass is 495 g/mol. The van der Waals surface area contributed by atoms with Crippen LogP contribution in [0, 0.1) is 5.82 Å². The summed E-state index contributed by atoms with van der Waals surface area (Å²) in [7, 11) is -1.32. The molecule has 0 radical (unpaired) electrons. The number of primary amides is 1. The van der Waals surface area contributed by atoms with Crippen molar-refractivity contribution in [2.75, 3.05) is 15.8 Å². The molecule has 12 heteroatoms. The second kappa shape index (κ2) is 10.7. The molecule has 0 bridgehead atoms. The fraction of sp³-hybridized carbons (Fsp3) is 0.130. The van der Waals surface area contributed by atoms with Crippen LogP contribution in [-0.4, -0.2) is 36.0 Å². The SMILES string of the molecule is CCS(=O)Nc1ccc(-c2[nH]nc(Nc3cnccn3)c2C(N)=O)cc1OCc1ccc(F)cc1. The molecule has 0 saturated carbocycles. The molecule has 10 nitrogen and oxygen atoms in total. The van der Waals surface area contributed by atoms with Crippen LogP contribution in [0.2, 0.25) is 0 Å². The van der Waals surface area contributed by atoms with Gasteiger partial charge in [-0.05, 0) is 29.8 Å². The van der Waals surface area contributed by atoms with Gasteiger partial charge in [-0.25, -0.2) is 13.6 Å². The van der Waals surface area contributed by atoms with Crippen molar-refractivity contribution in [3.8, 4) is 17.0 Å². The number of ether oxygens (including phenoxy) is 1. The van der Waals surface area contributed by atoms with Crippen LogP contribution in [0.3, 0.4) is 0 Å². The van der Waals surface area contributed by atoms with Gasteiger partial charge >= 0.3 is 0 Å². The van der Waals surface area contributed by atoms with Gasteiger partial charge in [-0.15, -0.1) is 0 Å². The van der Waals surface area contributed by atoms with Gasteiger partial charge in [-0.2, -0.15) is 5.10 Å². The number of nitrogens with two attached hydrogens (primary N) is 1. The number of hydrogen-bond donors (Lipinski definition) is 4. The van der Waals surface area contributed by atoms with Gasteiger partial charge in [-0.1, -0.05) is 25.1 Å². The Labute approximate surface area is 202 Å². The molecule has 1 atom stereocenters. The van der Waals surface area contributed by atoms with Gasteiger partial charge < -0.3 is 20.5 Å². The Morgan fingerprint density at radius 2 is 2.00 bits per heavy atom. The number of amides is 1. The van der Waals surface area contributed by atoms with E-state index in [2.05, 4.69) is 30.2 Å². The van der Waals surface area contributed by atoms with E-state index in [-0.39, 0.29) is 23.8 Å². The zero-order valence-corrected chi connectivity index (χ0v) is 19.4. The maximum atomic E-state index is 13.2. The number of anilines is 3. The van der Waals surface area contributed by atoms with Crippen LogP contribution in [0.1, 0.15) is 22.8 Å². The van der Waals surface area contributed by atoms with Crippen molar-refractivity contribution in [2.24, 2.45) is 5.73 Å². The molecule has 0 aliphatic carbocycles. The highest BCUT2D eigenvalue weighted by Gasteiger charge is 2.21. The molecule has 0 spiro atoms. The smallest absolute Gasteiger partial charge is 0.254 e. The van der Waals surface area contributed by atoms with E-state index in [4.69, 9.17) is 10.5 Å². The molecule has 0 saturated heterocycles. The molecule has 2 aromatic heterocycles. The van der Waals surface area contributed by atoms with Crippen molar-refractivity contribution >= 4 is 34.2 Å². The molecule has 2 aromatic carbocycles. The molecule has 5 N–H and O–H groups in total. The summed E-state index contributed by atoms with van der Waals surface area (Å²) in [6.45, 7) is 1.92. The first-order valence-corrected chi connectivity index (χ1v) is 11.8. The largest absolute Gasteiger partial charge is 0.487 e. The molecule has 180 valence electrons. The molecule has 0 aliphatic heterocycles. The predicted molar refractivity (Wildman–Crippen MR) is 131 cm³/mol. The van der Waals surface area contributed by atoms with Crippen molar-refractivity contribution in [3.05, 3.63) is 78.0 Å². The first kappa shape index (κ1) is 23.8. The maximum absolute atomic E-state index is 13.2. The maximum Gasteiger partial charge on any atom is 0.254 e. The van der Waals surface area contributed by atoms with E-state index >= 15 is 0 Å². The lowest BCUT2D eigenvalue weighted by molar-refractivity contribution is 0.100. The lowest BCUT2D eigenvalue weighted by Crippen LogP contribution is -2.13. The lowest BCUT2D eigenvalue weighted by Gasteiger charge is -2.14. The average Bonchev–Trinajstić information content (AvgIpc) is 3.28.